The Labute approximate surface area is 201 Å². The van der Waals surface area contributed by atoms with Crippen molar-refractivity contribution in [1.29, 1.82) is 0 Å². The van der Waals surface area contributed by atoms with Gasteiger partial charge in [0.1, 0.15) is 29.5 Å². The molecule has 9 nitrogen and oxygen atoms in total. The summed E-state index contributed by atoms with van der Waals surface area (Å²) >= 11 is 0. The van der Waals surface area contributed by atoms with Crippen LogP contribution >= 0.6 is 0 Å². The Balaban J connectivity index is 1.90. The van der Waals surface area contributed by atoms with Gasteiger partial charge >= 0.3 is 12.4 Å². The van der Waals surface area contributed by atoms with E-state index < -0.39 is 34.0 Å². The highest BCUT2D eigenvalue weighted by Gasteiger charge is 2.38. The first-order chi connectivity index (χ1) is 16.7. The maximum absolute atomic E-state index is 13.0. The molecule has 2 heterocycles. The zero-order valence-electron chi connectivity index (χ0n) is 18.4. The number of alkyl halides is 6. The lowest BCUT2D eigenvalue weighted by molar-refractivity contribution is -0.189. The molecule has 1 aromatic carbocycles. The molecule has 3 rings (SSSR count). The number of ether oxygens (including phenoxy) is 1. The highest BCUT2D eigenvalue weighted by Crippen LogP contribution is 2.34. The van der Waals surface area contributed by atoms with Crippen molar-refractivity contribution in [2.24, 2.45) is 0 Å². The van der Waals surface area contributed by atoms with Crippen LogP contribution in [0, 0.1) is 0 Å². The average Bonchev–Trinajstić information content (AvgIpc) is 2.79. The molecule has 0 aliphatic rings. The summed E-state index contributed by atoms with van der Waals surface area (Å²) in [5.74, 6) is -0.210. The van der Waals surface area contributed by atoms with Gasteiger partial charge in [-0.15, -0.1) is 0 Å². The molecule has 0 spiro atoms. The van der Waals surface area contributed by atoms with E-state index in [1.165, 1.54) is 6.07 Å². The highest BCUT2D eigenvalue weighted by molar-refractivity contribution is 7.89. The summed E-state index contributed by atoms with van der Waals surface area (Å²) in [5.41, 5.74) is -1.10. The maximum atomic E-state index is 13.0. The molecule has 0 aliphatic heterocycles. The summed E-state index contributed by atoms with van der Waals surface area (Å²) < 4.78 is 109. The van der Waals surface area contributed by atoms with E-state index in [1.54, 1.807) is 0 Å². The third-order valence-corrected chi connectivity index (χ3v) is 5.98. The van der Waals surface area contributed by atoms with Crippen molar-refractivity contribution in [2.45, 2.75) is 30.3 Å². The van der Waals surface area contributed by atoms with Gasteiger partial charge in [-0.05, 0) is 44.3 Å². The molecule has 0 amide bonds. The summed E-state index contributed by atoms with van der Waals surface area (Å²) in [4.78, 5) is 11.2. The largest absolute Gasteiger partial charge is 0.479 e. The van der Waals surface area contributed by atoms with E-state index >= 15 is 0 Å². The minimum atomic E-state index is -4.69. The van der Waals surface area contributed by atoms with Crippen LogP contribution in [0.15, 0.2) is 53.8 Å². The van der Waals surface area contributed by atoms with Gasteiger partial charge in [-0.2, -0.15) is 26.3 Å². The molecule has 194 valence electrons. The van der Waals surface area contributed by atoms with Crippen molar-refractivity contribution in [3.05, 3.63) is 54.5 Å². The minimum absolute atomic E-state index is 0.00271. The number of nitrogens with one attached hydrogen (secondary N) is 3. The Bertz CT molecular complexity index is 1320. The van der Waals surface area contributed by atoms with Crippen LogP contribution in [0.1, 0.15) is 12.5 Å². The Morgan fingerprint density at radius 2 is 1.56 bits per heavy atom. The van der Waals surface area contributed by atoms with Crippen LogP contribution in [0.25, 0.3) is 0 Å². The van der Waals surface area contributed by atoms with Crippen molar-refractivity contribution in [3.63, 3.8) is 0 Å². The summed E-state index contributed by atoms with van der Waals surface area (Å²) in [7, 11) is -2.79. The summed E-state index contributed by atoms with van der Waals surface area (Å²) in [6.45, 7) is 0.784. The number of sulfonamides is 1. The van der Waals surface area contributed by atoms with Gasteiger partial charge in [-0.1, -0.05) is 0 Å². The van der Waals surface area contributed by atoms with Crippen LogP contribution in [0.3, 0.4) is 0 Å². The van der Waals surface area contributed by atoms with E-state index in [1.807, 2.05) is 0 Å². The van der Waals surface area contributed by atoms with Gasteiger partial charge < -0.3 is 15.4 Å². The van der Waals surface area contributed by atoms with Crippen molar-refractivity contribution in [1.82, 2.24) is 19.7 Å². The second-order valence-corrected chi connectivity index (χ2v) is 9.02. The van der Waals surface area contributed by atoms with E-state index in [4.69, 9.17) is 4.74 Å². The van der Waals surface area contributed by atoms with E-state index in [2.05, 4.69) is 30.3 Å². The van der Waals surface area contributed by atoms with Crippen LogP contribution in [0.4, 0.5) is 49.5 Å². The van der Waals surface area contributed by atoms with Crippen molar-refractivity contribution < 1.29 is 39.5 Å². The number of pyridine rings is 1. The van der Waals surface area contributed by atoms with Crippen LogP contribution in [-0.4, -0.2) is 42.7 Å². The van der Waals surface area contributed by atoms with Gasteiger partial charge in [0, 0.05) is 12.3 Å². The lowest BCUT2D eigenvalue weighted by Gasteiger charge is -2.20. The predicted molar refractivity (Wildman–Crippen MR) is 117 cm³/mol. The SMILES string of the molecule is CNS(=O)(=O)c1ccc(OC(C)C(F)(F)F)c(Nc2cc(Nc3ccc(C(F)(F)F)cn3)ncn2)c1. The topological polar surface area (TPSA) is 118 Å². The summed E-state index contributed by atoms with van der Waals surface area (Å²) in [6, 6.07) is 6.34. The first-order valence-electron chi connectivity index (χ1n) is 9.89. The van der Waals surface area contributed by atoms with E-state index in [-0.39, 0.29) is 33.8 Å². The average molecular weight is 536 g/mol. The number of hydrogen-bond acceptors (Lipinski definition) is 8. The zero-order valence-corrected chi connectivity index (χ0v) is 19.3. The fourth-order valence-corrected chi connectivity index (χ4v) is 3.41. The standard InChI is InChI=1S/C20H18F6N6O3S/c1-11(19(21,22)23)35-15-5-4-13(36(33,34)27-2)7-14(15)31-17-8-18(30-10-29-17)32-16-6-3-12(9-28-16)20(24,25)26/h3-11,27H,1-2H3,(H2,28,29,30,31,32). The smallest absolute Gasteiger partial charge is 0.425 e. The first-order valence-corrected chi connectivity index (χ1v) is 11.4. The van der Waals surface area contributed by atoms with Gasteiger partial charge in [0.15, 0.2) is 6.10 Å². The molecule has 1 unspecified atom stereocenters. The predicted octanol–water partition coefficient (Wildman–Crippen LogP) is 4.62. The van der Waals surface area contributed by atoms with Crippen LogP contribution in [0.2, 0.25) is 0 Å². The number of halogens is 6. The third-order valence-electron chi connectivity index (χ3n) is 4.57. The Morgan fingerprint density at radius 3 is 2.11 bits per heavy atom. The Hall–Kier alpha value is -3.66. The lowest BCUT2D eigenvalue weighted by atomic mass is 10.2. The third kappa shape index (κ3) is 6.72. The zero-order chi connectivity index (χ0) is 26.7. The second kappa shape index (κ2) is 10.1. The number of anilines is 4. The number of nitrogens with zero attached hydrogens (tertiary/aromatic N) is 3. The van der Waals surface area contributed by atoms with Crippen molar-refractivity contribution in [3.8, 4) is 5.75 Å². The minimum Gasteiger partial charge on any atom is -0.479 e. The Morgan fingerprint density at radius 1 is 0.889 bits per heavy atom. The molecule has 2 aromatic heterocycles. The molecule has 0 saturated heterocycles. The fourth-order valence-electron chi connectivity index (χ4n) is 2.65. The first kappa shape index (κ1) is 26.9. The molecular formula is C20H18F6N6O3S. The Kier molecular flexibility index (Phi) is 7.59. The molecule has 0 bridgehead atoms. The van der Waals surface area contributed by atoms with Crippen molar-refractivity contribution >= 4 is 33.2 Å². The van der Waals surface area contributed by atoms with E-state index in [9.17, 15) is 34.8 Å². The van der Waals surface area contributed by atoms with Gasteiger partial charge in [0.2, 0.25) is 10.0 Å². The molecule has 3 N–H and O–H groups in total. The molecular weight excluding hydrogens is 518 g/mol. The van der Waals surface area contributed by atoms with E-state index in [0.717, 1.165) is 50.6 Å². The summed E-state index contributed by atoms with van der Waals surface area (Å²) in [6.07, 6.45) is -9.77. The number of aromatic nitrogens is 3. The summed E-state index contributed by atoms with van der Waals surface area (Å²) in [5, 5.41) is 5.34. The van der Waals surface area contributed by atoms with Gasteiger partial charge in [-0.25, -0.2) is 28.1 Å². The molecule has 0 saturated carbocycles. The second-order valence-electron chi connectivity index (χ2n) is 7.14. The number of benzene rings is 1. The number of rotatable bonds is 8. The monoisotopic (exact) mass is 536 g/mol. The van der Waals surface area contributed by atoms with Crippen LogP contribution in [-0.2, 0) is 16.2 Å². The quantitative estimate of drug-likeness (QED) is 0.357. The molecule has 16 heteroatoms. The lowest BCUT2D eigenvalue weighted by Crippen LogP contribution is -2.31. The molecule has 0 aliphatic carbocycles. The van der Waals surface area contributed by atoms with Gasteiger partial charge in [0.25, 0.3) is 0 Å². The molecule has 0 radical (unpaired) electrons. The van der Waals surface area contributed by atoms with Gasteiger partial charge in [0.05, 0.1) is 16.1 Å². The van der Waals surface area contributed by atoms with Crippen LogP contribution in [0.5, 0.6) is 5.75 Å². The normalized spacial score (nSPS) is 13.2. The highest BCUT2D eigenvalue weighted by atomic mass is 32.2. The van der Waals surface area contributed by atoms with E-state index in [0.29, 0.717) is 6.20 Å². The van der Waals surface area contributed by atoms with Crippen molar-refractivity contribution in [2.75, 3.05) is 17.7 Å². The number of hydrogen-bond donors (Lipinski definition) is 3. The maximum Gasteiger partial charge on any atom is 0.425 e. The molecule has 36 heavy (non-hydrogen) atoms. The molecule has 1 atom stereocenters. The van der Waals surface area contributed by atoms with Gasteiger partial charge in [-0.3, -0.25) is 0 Å². The van der Waals surface area contributed by atoms with Crippen LogP contribution < -0.4 is 20.1 Å². The molecule has 0 fully saturated rings. The molecule has 3 aromatic rings. The fraction of sp³-hybridized carbons (Fsp3) is 0.250.